The molecule has 120 valence electrons. The third-order valence-electron chi connectivity index (χ3n) is 3.12. The van der Waals surface area contributed by atoms with Gasteiger partial charge >= 0.3 is 0 Å². The summed E-state index contributed by atoms with van der Waals surface area (Å²) in [5.41, 5.74) is 6.77. The Kier molecular flexibility index (Phi) is 8.45. The van der Waals surface area contributed by atoms with E-state index in [0.717, 1.165) is 25.2 Å². The highest BCUT2D eigenvalue weighted by Crippen LogP contribution is 2.25. The number of aromatic nitrogens is 2. The molecule has 0 bridgehead atoms. The summed E-state index contributed by atoms with van der Waals surface area (Å²) in [6.45, 7) is 5.61. The number of rotatable bonds is 11. The van der Waals surface area contributed by atoms with Crippen LogP contribution in [0.25, 0.3) is 0 Å². The fourth-order valence-corrected chi connectivity index (χ4v) is 1.89. The second-order valence-electron chi connectivity index (χ2n) is 4.71. The van der Waals surface area contributed by atoms with Crippen LogP contribution in [0, 0.1) is 0 Å². The van der Waals surface area contributed by atoms with Gasteiger partial charge in [0.15, 0.2) is 11.6 Å². The smallest absolute Gasteiger partial charge is 0.157 e. The van der Waals surface area contributed by atoms with Crippen molar-refractivity contribution in [3.63, 3.8) is 0 Å². The van der Waals surface area contributed by atoms with Gasteiger partial charge in [0.1, 0.15) is 12.0 Å². The Morgan fingerprint density at radius 1 is 1.19 bits per heavy atom. The van der Waals surface area contributed by atoms with Crippen molar-refractivity contribution in [3.8, 4) is 0 Å². The Morgan fingerprint density at radius 2 is 1.86 bits per heavy atom. The van der Waals surface area contributed by atoms with E-state index >= 15 is 0 Å². The van der Waals surface area contributed by atoms with E-state index in [-0.39, 0.29) is 0 Å². The van der Waals surface area contributed by atoms with Crippen LogP contribution in [0.4, 0.5) is 17.3 Å². The Labute approximate surface area is 126 Å². The van der Waals surface area contributed by atoms with Crippen LogP contribution in [0.2, 0.25) is 0 Å². The molecule has 0 radical (unpaired) electrons. The molecule has 1 rings (SSSR count). The first-order valence-corrected chi connectivity index (χ1v) is 7.31. The van der Waals surface area contributed by atoms with Gasteiger partial charge < -0.3 is 25.4 Å². The summed E-state index contributed by atoms with van der Waals surface area (Å²) in [6.07, 6.45) is 3.74. The first-order valence-electron chi connectivity index (χ1n) is 7.31. The number of nitrogens with one attached hydrogen (secondary N) is 1. The Hall–Kier alpha value is -1.60. The van der Waals surface area contributed by atoms with Crippen LogP contribution in [0.1, 0.15) is 19.8 Å². The third-order valence-corrected chi connectivity index (χ3v) is 3.12. The van der Waals surface area contributed by atoms with Crippen molar-refractivity contribution < 1.29 is 9.47 Å². The van der Waals surface area contributed by atoms with E-state index in [0.29, 0.717) is 37.8 Å². The van der Waals surface area contributed by atoms with Crippen LogP contribution in [0.3, 0.4) is 0 Å². The summed E-state index contributed by atoms with van der Waals surface area (Å²) in [6, 6.07) is 0. The van der Waals surface area contributed by atoms with Crippen LogP contribution in [-0.4, -0.2) is 57.0 Å². The zero-order chi connectivity index (χ0) is 15.5. The van der Waals surface area contributed by atoms with E-state index in [1.165, 1.54) is 6.33 Å². The zero-order valence-corrected chi connectivity index (χ0v) is 13.3. The molecule has 0 aliphatic carbocycles. The maximum Gasteiger partial charge on any atom is 0.157 e. The van der Waals surface area contributed by atoms with E-state index in [1.807, 2.05) is 0 Å². The molecule has 7 heteroatoms. The first-order chi connectivity index (χ1) is 10.2. The average Bonchev–Trinajstić information content (AvgIpc) is 2.50. The number of nitrogen functional groups attached to an aromatic ring is 1. The SMILES string of the molecule is CCCCNc1ncnc(N(CCOC)CCOC)c1N. The molecule has 0 spiro atoms. The van der Waals surface area contributed by atoms with E-state index < -0.39 is 0 Å². The fourth-order valence-electron chi connectivity index (χ4n) is 1.89. The molecule has 21 heavy (non-hydrogen) atoms. The second-order valence-corrected chi connectivity index (χ2v) is 4.71. The summed E-state index contributed by atoms with van der Waals surface area (Å²) in [5.74, 6) is 1.41. The molecule has 0 aromatic carbocycles. The Balaban J connectivity index is 2.82. The average molecular weight is 297 g/mol. The number of hydrogen-bond donors (Lipinski definition) is 2. The van der Waals surface area contributed by atoms with Gasteiger partial charge in [-0.2, -0.15) is 0 Å². The number of nitrogens with zero attached hydrogens (tertiary/aromatic N) is 3. The summed E-state index contributed by atoms with van der Waals surface area (Å²) < 4.78 is 10.3. The number of ether oxygens (including phenoxy) is 2. The monoisotopic (exact) mass is 297 g/mol. The van der Waals surface area contributed by atoms with Crippen LogP contribution in [0.5, 0.6) is 0 Å². The number of anilines is 3. The van der Waals surface area contributed by atoms with Crippen molar-refractivity contribution in [2.75, 3.05) is 63.0 Å². The molecule has 0 saturated carbocycles. The summed E-state index contributed by atoms with van der Waals surface area (Å²) in [7, 11) is 3.35. The van der Waals surface area contributed by atoms with Gasteiger partial charge in [-0.05, 0) is 6.42 Å². The Bertz CT molecular complexity index is 395. The van der Waals surface area contributed by atoms with Gasteiger partial charge in [0, 0.05) is 33.9 Å². The van der Waals surface area contributed by atoms with E-state index in [9.17, 15) is 0 Å². The number of unbranched alkanes of at least 4 members (excludes halogenated alkanes) is 1. The van der Waals surface area contributed by atoms with E-state index in [1.54, 1.807) is 14.2 Å². The van der Waals surface area contributed by atoms with Crippen molar-refractivity contribution >= 4 is 17.3 Å². The number of methoxy groups -OCH3 is 2. The minimum atomic E-state index is 0.570. The highest BCUT2D eigenvalue weighted by molar-refractivity contribution is 5.74. The molecule has 0 atom stereocenters. The van der Waals surface area contributed by atoms with Crippen molar-refractivity contribution in [2.24, 2.45) is 0 Å². The van der Waals surface area contributed by atoms with Crippen LogP contribution in [-0.2, 0) is 9.47 Å². The zero-order valence-electron chi connectivity index (χ0n) is 13.3. The molecule has 1 aromatic rings. The van der Waals surface area contributed by atoms with Crippen molar-refractivity contribution in [2.45, 2.75) is 19.8 Å². The van der Waals surface area contributed by atoms with Gasteiger partial charge in [-0.1, -0.05) is 13.3 Å². The number of nitrogens with two attached hydrogens (primary N) is 1. The van der Waals surface area contributed by atoms with Crippen molar-refractivity contribution in [3.05, 3.63) is 6.33 Å². The molecule has 0 fully saturated rings. The molecule has 1 heterocycles. The third kappa shape index (κ3) is 5.73. The molecular weight excluding hydrogens is 270 g/mol. The van der Waals surface area contributed by atoms with Crippen LogP contribution in [0.15, 0.2) is 6.33 Å². The van der Waals surface area contributed by atoms with E-state index in [2.05, 4.69) is 27.1 Å². The normalized spacial score (nSPS) is 10.6. The first kappa shape index (κ1) is 17.5. The lowest BCUT2D eigenvalue weighted by molar-refractivity contribution is 0.190. The lowest BCUT2D eigenvalue weighted by atomic mass is 10.3. The lowest BCUT2D eigenvalue weighted by Crippen LogP contribution is -2.32. The Morgan fingerprint density at radius 3 is 2.43 bits per heavy atom. The molecule has 3 N–H and O–H groups in total. The predicted octanol–water partition coefficient (Wildman–Crippen LogP) is 1.37. The van der Waals surface area contributed by atoms with Gasteiger partial charge in [0.2, 0.25) is 0 Å². The van der Waals surface area contributed by atoms with E-state index in [4.69, 9.17) is 15.2 Å². The number of hydrogen-bond acceptors (Lipinski definition) is 7. The van der Waals surface area contributed by atoms with Crippen molar-refractivity contribution in [1.29, 1.82) is 0 Å². The summed E-state index contributed by atoms with van der Waals surface area (Å²) in [5, 5.41) is 3.26. The molecular formula is C14H27N5O2. The molecule has 0 aliphatic rings. The summed E-state index contributed by atoms with van der Waals surface area (Å²) >= 11 is 0. The topological polar surface area (TPSA) is 85.5 Å². The minimum absolute atomic E-state index is 0.570. The quantitative estimate of drug-likeness (QED) is 0.597. The fraction of sp³-hybridized carbons (Fsp3) is 0.714. The highest BCUT2D eigenvalue weighted by atomic mass is 16.5. The standard InChI is InChI=1S/C14H27N5O2/c1-4-5-6-16-13-12(15)14(18-11-17-13)19(7-9-20-2)8-10-21-3/h11H,4-10,15H2,1-3H3,(H,16,17,18). The molecule has 0 aliphatic heterocycles. The van der Waals surface area contributed by atoms with Gasteiger partial charge in [0.05, 0.1) is 13.2 Å². The van der Waals surface area contributed by atoms with Crippen molar-refractivity contribution in [1.82, 2.24) is 9.97 Å². The molecule has 0 saturated heterocycles. The molecule has 0 amide bonds. The summed E-state index contributed by atoms with van der Waals surface area (Å²) in [4.78, 5) is 10.6. The second kappa shape index (κ2) is 10.2. The van der Waals surface area contributed by atoms with Gasteiger partial charge in [-0.25, -0.2) is 9.97 Å². The van der Waals surface area contributed by atoms with Crippen LogP contribution >= 0.6 is 0 Å². The lowest BCUT2D eigenvalue weighted by Gasteiger charge is -2.25. The largest absolute Gasteiger partial charge is 0.393 e. The highest BCUT2D eigenvalue weighted by Gasteiger charge is 2.14. The predicted molar refractivity (Wildman–Crippen MR) is 85.8 cm³/mol. The maximum absolute atomic E-state index is 6.20. The van der Waals surface area contributed by atoms with Crippen LogP contribution < -0.4 is 16.0 Å². The molecule has 1 aromatic heterocycles. The van der Waals surface area contributed by atoms with Gasteiger partial charge in [0.25, 0.3) is 0 Å². The van der Waals surface area contributed by atoms with Gasteiger partial charge in [-0.3, -0.25) is 0 Å². The molecule has 0 unspecified atom stereocenters. The molecule has 7 nitrogen and oxygen atoms in total. The van der Waals surface area contributed by atoms with Gasteiger partial charge in [-0.15, -0.1) is 0 Å². The minimum Gasteiger partial charge on any atom is -0.393 e. The maximum atomic E-state index is 6.20.